The number of ether oxygens (including phenoxy) is 1. The summed E-state index contributed by atoms with van der Waals surface area (Å²) in [6, 6.07) is 0.0349. The molecular formula is C14H22ClN5O2. The van der Waals surface area contributed by atoms with Gasteiger partial charge in [-0.2, -0.15) is 0 Å². The summed E-state index contributed by atoms with van der Waals surface area (Å²) in [5.41, 5.74) is 6.09. The molecule has 0 bridgehead atoms. The Morgan fingerprint density at radius 3 is 3.00 bits per heavy atom. The van der Waals surface area contributed by atoms with Crippen LogP contribution in [0.4, 0.5) is 16.3 Å². The third kappa shape index (κ3) is 4.91. The first-order chi connectivity index (χ1) is 10.6. The van der Waals surface area contributed by atoms with E-state index in [9.17, 15) is 4.79 Å². The summed E-state index contributed by atoms with van der Waals surface area (Å²) in [5, 5.41) is 6.12. The van der Waals surface area contributed by atoms with Crippen LogP contribution in [0.1, 0.15) is 32.6 Å². The standard InChI is InChI=1S/C14H22ClN5O2/c1-9(20-13-11(16)12(15)18-8-19-13)5-6-22-14(21)17-7-10-3-2-4-10/h8-10H,2-7,16H2,1H3,(H,17,21)(H,18,19,20). The Bertz CT molecular complexity index is 510. The van der Waals surface area contributed by atoms with Gasteiger partial charge in [-0.15, -0.1) is 0 Å². The molecule has 22 heavy (non-hydrogen) atoms. The van der Waals surface area contributed by atoms with Crippen LogP contribution in [0.2, 0.25) is 5.15 Å². The minimum Gasteiger partial charge on any atom is -0.449 e. The first-order valence-electron chi connectivity index (χ1n) is 7.49. The lowest BCUT2D eigenvalue weighted by Crippen LogP contribution is -2.33. The lowest BCUT2D eigenvalue weighted by atomic mass is 9.85. The molecule has 4 N–H and O–H groups in total. The van der Waals surface area contributed by atoms with Crippen molar-refractivity contribution < 1.29 is 9.53 Å². The van der Waals surface area contributed by atoms with Crippen molar-refractivity contribution in [2.75, 3.05) is 24.2 Å². The van der Waals surface area contributed by atoms with E-state index in [-0.39, 0.29) is 17.3 Å². The summed E-state index contributed by atoms with van der Waals surface area (Å²) >= 11 is 5.83. The molecule has 8 heteroatoms. The summed E-state index contributed by atoms with van der Waals surface area (Å²) in [5.74, 6) is 1.11. The fraction of sp³-hybridized carbons (Fsp3) is 0.643. The molecule has 1 aromatic rings. The molecule has 1 fully saturated rings. The fourth-order valence-electron chi connectivity index (χ4n) is 2.10. The van der Waals surface area contributed by atoms with Gasteiger partial charge >= 0.3 is 6.09 Å². The summed E-state index contributed by atoms with van der Waals surface area (Å²) in [6.07, 6.45) is 5.29. The normalized spacial score (nSPS) is 15.7. The van der Waals surface area contributed by atoms with Crippen LogP contribution in [-0.2, 0) is 4.74 Å². The van der Waals surface area contributed by atoms with Crippen LogP contribution in [0, 0.1) is 5.92 Å². The molecule has 122 valence electrons. The molecule has 0 spiro atoms. The fourth-order valence-corrected chi connectivity index (χ4v) is 2.23. The van der Waals surface area contributed by atoms with Crippen molar-refractivity contribution >= 4 is 29.2 Å². The third-order valence-corrected chi connectivity index (χ3v) is 4.06. The molecule has 1 unspecified atom stereocenters. The average molecular weight is 328 g/mol. The molecule has 1 amide bonds. The number of nitrogens with one attached hydrogen (secondary N) is 2. The average Bonchev–Trinajstić information content (AvgIpc) is 2.42. The molecule has 0 aliphatic heterocycles. The number of hydrogen-bond acceptors (Lipinski definition) is 6. The predicted molar refractivity (Wildman–Crippen MR) is 85.8 cm³/mol. The maximum Gasteiger partial charge on any atom is 0.407 e. The van der Waals surface area contributed by atoms with Gasteiger partial charge in [0.1, 0.15) is 12.0 Å². The van der Waals surface area contributed by atoms with Gasteiger partial charge in [0.15, 0.2) is 11.0 Å². The Labute approximate surface area is 135 Å². The second-order valence-electron chi connectivity index (χ2n) is 5.57. The zero-order valence-electron chi connectivity index (χ0n) is 12.6. The van der Waals surface area contributed by atoms with Crippen LogP contribution in [0.15, 0.2) is 6.33 Å². The van der Waals surface area contributed by atoms with Crippen LogP contribution >= 0.6 is 11.6 Å². The molecule has 0 radical (unpaired) electrons. The number of hydrogen-bond donors (Lipinski definition) is 3. The quantitative estimate of drug-likeness (QED) is 0.665. The van der Waals surface area contributed by atoms with E-state index in [2.05, 4.69) is 20.6 Å². The van der Waals surface area contributed by atoms with Gasteiger partial charge in [0.25, 0.3) is 0 Å². The number of halogens is 1. The molecule has 1 aliphatic rings. The highest BCUT2D eigenvalue weighted by Crippen LogP contribution is 2.25. The van der Waals surface area contributed by atoms with Gasteiger partial charge in [0, 0.05) is 19.0 Å². The van der Waals surface area contributed by atoms with E-state index in [0.717, 1.165) is 0 Å². The topological polar surface area (TPSA) is 102 Å². The van der Waals surface area contributed by atoms with E-state index in [0.29, 0.717) is 37.0 Å². The number of rotatable bonds is 7. The van der Waals surface area contributed by atoms with E-state index in [1.807, 2.05) is 6.92 Å². The number of nitrogens with zero attached hydrogens (tertiary/aromatic N) is 2. The molecule has 1 atom stereocenters. The van der Waals surface area contributed by atoms with Crippen molar-refractivity contribution in [3.8, 4) is 0 Å². The number of amides is 1. The van der Waals surface area contributed by atoms with Gasteiger partial charge < -0.3 is 21.1 Å². The maximum absolute atomic E-state index is 11.5. The van der Waals surface area contributed by atoms with E-state index >= 15 is 0 Å². The van der Waals surface area contributed by atoms with Crippen molar-refractivity contribution in [3.63, 3.8) is 0 Å². The zero-order chi connectivity index (χ0) is 15.9. The number of carbonyl (C=O) groups is 1. The van der Waals surface area contributed by atoms with Crippen LogP contribution in [0.25, 0.3) is 0 Å². The molecule has 1 heterocycles. The third-order valence-electron chi connectivity index (χ3n) is 3.76. The minimum absolute atomic E-state index is 0.0349. The predicted octanol–water partition coefficient (Wildman–Crippen LogP) is 2.43. The van der Waals surface area contributed by atoms with E-state index in [1.165, 1.54) is 25.6 Å². The summed E-state index contributed by atoms with van der Waals surface area (Å²) in [4.78, 5) is 19.3. The van der Waals surface area contributed by atoms with Gasteiger partial charge in [0.05, 0.1) is 6.61 Å². The molecule has 0 aromatic carbocycles. The smallest absolute Gasteiger partial charge is 0.407 e. The second kappa shape index (κ2) is 8.03. The maximum atomic E-state index is 11.5. The van der Waals surface area contributed by atoms with Gasteiger partial charge in [-0.1, -0.05) is 18.0 Å². The first kappa shape index (κ1) is 16.6. The van der Waals surface area contributed by atoms with Crippen molar-refractivity contribution in [3.05, 3.63) is 11.5 Å². The van der Waals surface area contributed by atoms with Crippen molar-refractivity contribution in [2.24, 2.45) is 5.92 Å². The molecular weight excluding hydrogens is 306 g/mol. The zero-order valence-corrected chi connectivity index (χ0v) is 13.4. The van der Waals surface area contributed by atoms with Crippen molar-refractivity contribution in [2.45, 2.75) is 38.6 Å². The Morgan fingerprint density at radius 2 is 2.32 bits per heavy atom. The SMILES string of the molecule is CC(CCOC(=O)NCC1CCC1)Nc1ncnc(Cl)c1N. The van der Waals surface area contributed by atoms with E-state index < -0.39 is 0 Å². The number of alkyl carbamates (subject to hydrolysis) is 1. The Kier molecular flexibility index (Phi) is 6.06. The number of anilines is 2. The summed E-state index contributed by atoms with van der Waals surface area (Å²) in [7, 11) is 0. The first-order valence-corrected chi connectivity index (χ1v) is 7.87. The highest BCUT2D eigenvalue weighted by Gasteiger charge is 2.18. The number of nitrogens with two attached hydrogens (primary N) is 1. The molecule has 2 rings (SSSR count). The van der Waals surface area contributed by atoms with Crippen LogP contribution in [0.5, 0.6) is 0 Å². The van der Waals surface area contributed by atoms with Gasteiger partial charge in [-0.25, -0.2) is 14.8 Å². The second-order valence-corrected chi connectivity index (χ2v) is 5.93. The lowest BCUT2D eigenvalue weighted by Gasteiger charge is -2.25. The Balaban J connectivity index is 1.63. The highest BCUT2D eigenvalue weighted by molar-refractivity contribution is 6.32. The largest absolute Gasteiger partial charge is 0.449 e. The summed E-state index contributed by atoms with van der Waals surface area (Å²) < 4.78 is 5.14. The van der Waals surface area contributed by atoms with Crippen LogP contribution < -0.4 is 16.4 Å². The molecule has 1 aliphatic carbocycles. The minimum atomic E-state index is -0.358. The Hall–Kier alpha value is -1.76. The van der Waals surface area contributed by atoms with Crippen molar-refractivity contribution in [1.29, 1.82) is 0 Å². The van der Waals surface area contributed by atoms with Crippen molar-refractivity contribution in [1.82, 2.24) is 15.3 Å². The van der Waals surface area contributed by atoms with Gasteiger partial charge in [-0.05, 0) is 25.7 Å². The van der Waals surface area contributed by atoms with E-state index in [1.54, 1.807) is 0 Å². The number of nitrogen functional groups attached to an aromatic ring is 1. The van der Waals surface area contributed by atoms with E-state index in [4.69, 9.17) is 22.1 Å². The van der Waals surface area contributed by atoms with Crippen LogP contribution in [0.3, 0.4) is 0 Å². The Morgan fingerprint density at radius 1 is 1.55 bits per heavy atom. The molecule has 7 nitrogen and oxygen atoms in total. The molecule has 1 aromatic heterocycles. The molecule has 0 saturated heterocycles. The number of carbonyl (C=O) groups excluding carboxylic acids is 1. The monoisotopic (exact) mass is 327 g/mol. The molecule has 1 saturated carbocycles. The van der Waals surface area contributed by atoms with Gasteiger partial charge in [0.2, 0.25) is 0 Å². The number of aromatic nitrogens is 2. The van der Waals surface area contributed by atoms with Gasteiger partial charge in [-0.3, -0.25) is 0 Å². The lowest BCUT2D eigenvalue weighted by molar-refractivity contribution is 0.139. The van der Waals surface area contributed by atoms with Crippen LogP contribution in [-0.4, -0.2) is 35.3 Å². The summed E-state index contributed by atoms with van der Waals surface area (Å²) in [6.45, 7) is 2.98. The highest BCUT2D eigenvalue weighted by atomic mass is 35.5.